The highest BCUT2D eigenvalue weighted by molar-refractivity contribution is 5.96. The lowest BCUT2D eigenvalue weighted by Gasteiger charge is -2.28. The summed E-state index contributed by atoms with van der Waals surface area (Å²) in [6.45, 7) is 8.28. The molecule has 1 fully saturated rings. The molecule has 167 valence electrons. The Morgan fingerprint density at radius 1 is 1.19 bits per heavy atom. The van der Waals surface area contributed by atoms with Gasteiger partial charge in [0.2, 0.25) is 0 Å². The minimum Gasteiger partial charge on any atom is -0.493 e. The van der Waals surface area contributed by atoms with Gasteiger partial charge in [-0.25, -0.2) is 0 Å². The molecular formula is C27H32N3O2. The molecule has 2 aromatic heterocycles. The van der Waals surface area contributed by atoms with E-state index in [4.69, 9.17) is 4.74 Å². The average molecular weight is 431 g/mol. The number of H-pyrrole nitrogens is 1. The summed E-state index contributed by atoms with van der Waals surface area (Å²) in [6, 6.07) is 8.56. The van der Waals surface area contributed by atoms with Crippen molar-refractivity contribution < 1.29 is 4.74 Å². The molecule has 3 aromatic rings. The zero-order valence-electron chi connectivity index (χ0n) is 19.3. The number of aryl methyl sites for hydroxylation is 1. The fourth-order valence-corrected chi connectivity index (χ4v) is 4.61. The molecule has 0 bridgehead atoms. The molecule has 1 aromatic carbocycles. The van der Waals surface area contributed by atoms with E-state index in [1.165, 1.54) is 29.9 Å². The molecule has 0 atom stereocenters. The molecule has 1 N–H and O–H groups in total. The van der Waals surface area contributed by atoms with Crippen LogP contribution >= 0.6 is 0 Å². The summed E-state index contributed by atoms with van der Waals surface area (Å²) < 4.78 is 7.95. The van der Waals surface area contributed by atoms with Crippen LogP contribution < -0.4 is 10.3 Å². The highest BCUT2D eigenvalue weighted by Crippen LogP contribution is 2.38. The normalized spacial score (nSPS) is 17.2. The number of ether oxygens (including phenoxy) is 1. The lowest BCUT2D eigenvalue weighted by atomic mass is 9.94. The third-order valence-corrected chi connectivity index (χ3v) is 6.54. The molecule has 2 aliphatic rings. The van der Waals surface area contributed by atoms with Crippen LogP contribution in [0.4, 0.5) is 0 Å². The highest BCUT2D eigenvalue weighted by Gasteiger charge is 2.23. The summed E-state index contributed by atoms with van der Waals surface area (Å²) in [5, 5.41) is 0.944. The molecule has 0 amide bonds. The van der Waals surface area contributed by atoms with Gasteiger partial charge in [-0.3, -0.25) is 9.69 Å². The second-order valence-corrected chi connectivity index (χ2v) is 9.61. The largest absolute Gasteiger partial charge is 0.493 e. The Morgan fingerprint density at radius 3 is 2.75 bits per heavy atom. The maximum atomic E-state index is 12.6. The molecule has 0 unspecified atom stereocenters. The molecule has 5 heteroatoms. The Labute approximate surface area is 189 Å². The Hall–Kier alpha value is -2.79. The van der Waals surface area contributed by atoms with Crippen molar-refractivity contribution in [1.29, 1.82) is 0 Å². The van der Waals surface area contributed by atoms with Gasteiger partial charge in [-0.15, -0.1) is 0 Å². The second-order valence-electron chi connectivity index (χ2n) is 9.61. The number of aromatic nitrogens is 2. The Balaban J connectivity index is 1.55. The fourth-order valence-electron chi connectivity index (χ4n) is 4.61. The lowest BCUT2D eigenvalue weighted by molar-refractivity contribution is 0.301. The van der Waals surface area contributed by atoms with E-state index in [0.29, 0.717) is 11.4 Å². The third-order valence-electron chi connectivity index (χ3n) is 6.54. The predicted molar refractivity (Wildman–Crippen MR) is 131 cm³/mol. The number of nitrogens with one attached hydrogen (secondary N) is 1. The van der Waals surface area contributed by atoms with Gasteiger partial charge in [-0.05, 0) is 60.4 Å². The van der Waals surface area contributed by atoms with Crippen LogP contribution in [0.15, 0.2) is 47.5 Å². The molecule has 5 rings (SSSR count). The van der Waals surface area contributed by atoms with Crippen LogP contribution in [-0.2, 0) is 7.05 Å². The zero-order chi connectivity index (χ0) is 22.2. The first-order valence-electron chi connectivity index (χ1n) is 11.6. The number of pyridine rings is 1. The van der Waals surface area contributed by atoms with E-state index in [1.54, 1.807) is 4.57 Å². The van der Waals surface area contributed by atoms with Gasteiger partial charge in [-0.2, -0.15) is 0 Å². The summed E-state index contributed by atoms with van der Waals surface area (Å²) in [5.74, 6) is 3.03. The van der Waals surface area contributed by atoms with Crippen LogP contribution in [-0.4, -0.2) is 40.7 Å². The average Bonchev–Trinajstić information content (AvgIpc) is 3.48. The van der Waals surface area contributed by atoms with Crippen LogP contribution in [0.3, 0.4) is 0 Å². The lowest BCUT2D eigenvalue weighted by Crippen LogP contribution is -2.31. The van der Waals surface area contributed by atoms with E-state index < -0.39 is 0 Å². The van der Waals surface area contributed by atoms with Crippen LogP contribution in [0.1, 0.15) is 38.7 Å². The van der Waals surface area contributed by atoms with E-state index in [2.05, 4.69) is 48.0 Å². The van der Waals surface area contributed by atoms with Gasteiger partial charge in [0.05, 0.1) is 6.61 Å². The van der Waals surface area contributed by atoms with E-state index in [1.807, 2.05) is 25.5 Å². The predicted octanol–water partition coefficient (Wildman–Crippen LogP) is 5.03. The summed E-state index contributed by atoms with van der Waals surface area (Å²) in [4.78, 5) is 18.2. The van der Waals surface area contributed by atoms with E-state index in [0.717, 1.165) is 54.9 Å². The highest BCUT2D eigenvalue weighted by atomic mass is 16.5. The Kier molecular flexibility index (Phi) is 5.68. The number of nitrogens with zero attached hydrogens (tertiary/aromatic N) is 2. The van der Waals surface area contributed by atoms with Crippen LogP contribution in [0.25, 0.3) is 27.6 Å². The number of rotatable bonds is 7. The van der Waals surface area contributed by atoms with Gasteiger partial charge in [0, 0.05) is 55.6 Å². The monoisotopic (exact) mass is 430 g/mol. The number of aromatic amines is 1. The van der Waals surface area contributed by atoms with Gasteiger partial charge in [-0.1, -0.05) is 26.0 Å². The maximum Gasteiger partial charge on any atom is 0.274 e. The Bertz CT molecular complexity index is 1210. The first-order chi connectivity index (χ1) is 15.5. The molecule has 1 radical (unpaired) electrons. The minimum atomic E-state index is -0.0107. The quantitative estimate of drug-likeness (QED) is 0.572. The fraction of sp³-hybridized carbons (Fsp3) is 0.407. The number of benzene rings is 1. The van der Waals surface area contributed by atoms with Crippen molar-refractivity contribution in [2.24, 2.45) is 13.0 Å². The van der Waals surface area contributed by atoms with Crippen molar-refractivity contribution in [3.8, 4) is 16.9 Å². The zero-order valence-corrected chi connectivity index (χ0v) is 19.3. The van der Waals surface area contributed by atoms with E-state index in [9.17, 15) is 4.79 Å². The van der Waals surface area contributed by atoms with Crippen molar-refractivity contribution in [2.45, 2.75) is 33.1 Å². The molecule has 1 aliphatic heterocycles. The van der Waals surface area contributed by atoms with E-state index in [-0.39, 0.29) is 5.56 Å². The number of fused-ring (bicyclic) bond motifs is 1. The molecule has 1 saturated carbocycles. The summed E-state index contributed by atoms with van der Waals surface area (Å²) >= 11 is 0. The molecule has 3 heterocycles. The molecule has 0 spiro atoms. The maximum absolute atomic E-state index is 12.6. The summed E-state index contributed by atoms with van der Waals surface area (Å²) in [5.41, 5.74) is 5.36. The van der Waals surface area contributed by atoms with E-state index >= 15 is 0 Å². The number of hydrogen-bond donors (Lipinski definition) is 1. The van der Waals surface area contributed by atoms with Gasteiger partial charge in [0.25, 0.3) is 5.56 Å². The van der Waals surface area contributed by atoms with Crippen LogP contribution in [0.5, 0.6) is 5.75 Å². The third kappa shape index (κ3) is 4.26. The second kappa shape index (κ2) is 8.62. The first-order valence-corrected chi connectivity index (χ1v) is 11.6. The first kappa shape index (κ1) is 21.1. The van der Waals surface area contributed by atoms with Crippen molar-refractivity contribution in [1.82, 2.24) is 14.5 Å². The van der Waals surface area contributed by atoms with Crippen molar-refractivity contribution in [2.75, 3.05) is 26.2 Å². The summed E-state index contributed by atoms with van der Waals surface area (Å²) in [7, 11) is 1.81. The molecule has 32 heavy (non-hydrogen) atoms. The molecule has 1 aliphatic carbocycles. The van der Waals surface area contributed by atoms with Crippen LogP contribution in [0, 0.1) is 11.8 Å². The molecule has 5 nitrogen and oxygen atoms in total. The standard InChI is InChI=1S/C27H32N3O2/c1-18(2)15-30-12-9-20(10-13-30)21-6-7-25(32-17-19-4-5-19)23(14-21)24-16-29(3)27(31)26-22(24)8-11-28-26/h6-9,11,14,16,19,28H,4-5,10,12-13,15,17H2,1-3H3. The minimum absolute atomic E-state index is 0.0107. The van der Waals surface area contributed by atoms with Gasteiger partial charge in [0.1, 0.15) is 11.3 Å². The van der Waals surface area contributed by atoms with Crippen LogP contribution in [0.2, 0.25) is 0 Å². The molecular weight excluding hydrogens is 398 g/mol. The summed E-state index contributed by atoms with van der Waals surface area (Å²) in [6.07, 6.45) is 9.71. The number of hydrogen-bond acceptors (Lipinski definition) is 3. The topological polar surface area (TPSA) is 50.3 Å². The van der Waals surface area contributed by atoms with Crippen molar-refractivity contribution in [3.63, 3.8) is 0 Å². The van der Waals surface area contributed by atoms with Gasteiger partial charge in [0.15, 0.2) is 0 Å². The van der Waals surface area contributed by atoms with Gasteiger partial charge < -0.3 is 14.3 Å². The van der Waals surface area contributed by atoms with Crippen molar-refractivity contribution in [3.05, 3.63) is 64.6 Å². The Morgan fingerprint density at radius 2 is 2.03 bits per heavy atom. The van der Waals surface area contributed by atoms with Crippen molar-refractivity contribution >= 4 is 16.5 Å². The molecule has 0 saturated heterocycles. The SMILES string of the molecule is C[C](C)CN1CC=C(c2ccc(OCC3CC3)c(-c3cn(C)c(=O)c4[nH]ccc34)c2)CC1. The smallest absolute Gasteiger partial charge is 0.274 e. The van der Waals surface area contributed by atoms with Gasteiger partial charge >= 0.3 is 0 Å².